The fourth-order valence-electron chi connectivity index (χ4n) is 2.32. The third kappa shape index (κ3) is 2.07. The number of aromatic nitrogens is 2. The van der Waals surface area contributed by atoms with E-state index in [1.165, 1.54) is 5.56 Å². The monoisotopic (exact) mass is 268 g/mol. The van der Waals surface area contributed by atoms with E-state index in [1.807, 2.05) is 18.2 Å². The van der Waals surface area contributed by atoms with E-state index >= 15 is 0 Å². The second kappa shape index (κ2) is 4.71. The van der Waals surface area contributed by atoms with E-state index in [9.17, 15) is 9.90 Å². The Morgan fingerprint density at radius 1 is 1.25 bits per heavy atom. The predicted octanol–water partition coefficient (Wildman–Crippen LogP) is 2.82. The molecule has 0 amide bonds. The Kier molecular flexibility index (Phi) is 3.01. The number of carboxylic acids is 1. The molecule has 1 aromatic carbocycles. The number of rotatable bonds is 4. The molecule has 1 heterocycles. The molecule has 0 unspecified atom stereocenters. The van der Waals surface area contributed by atoms with Gasteiger partial charge in [0.1, 0.15) is 11.2 Å². The van der Waals surface area contributed by atoms with Gasteiger partial charge in [0.15, 0.2) is 0 Å². The lowest BCUT2D eigenvalue weighted by Crippen LogP contribution is -2.22. The fraction of sp³-hybridized carbons (Fsp3) is 0.312. The van der Waals surface area contributed by atoms with Crippen LogP contribution in [0, 0.1) is 0 Å². The van der Waals surface area contributed by atoms with E-state index in [0.717, 1.165) is 17.7 Å². The van der Waals surface area contributed by atoms with Crippen molar-refractivity contribution in [3.8, 4) is 11.3 Å². The SMILES string of the molecule is CCc1ccc(-c2ccnc(C3(C(=O)O)CC3)n2)cc1. The van der Waals surface area contributed by atoms with Crippen LogP contribution in [-0.4, -0.2) is 21.0 Å². The van der Waals surface area contributed by atoms with Gasteiger partial charge < -0.3 is 5.11 Å². The summed E-state index contributed by atoms with van der Waals surface area (Å²) in [6.07, 6.45) is 3.90. The van der Waals surface area contributed by atoms with E-state index in [4.69, 9.17) is 0 Å². The van der Waals surface area contributed by atoms with Crippen molar-refractivity contribution in [2.75, 3.05) is 0 Å². The number of carboxylic acid groups (broad SMARTS) is 1. The summed E-state index contributed by atoms with van der Waals surface area (Å²) in [5.41, 5.74) is 2.20. The molecule has 0 saturated heterocycles. The van der Waals surface area contributed by atoms with Gasteiger partial charge in [-0.25, -0.2) is 9.97 Å². The minimum absolute atomic E-state index is 0.432. The molecule has 1 saturated carbocycles. The van der Waals surface area contributed by atoms with E-state index in [2.05, 4.69) is 29.0 Å². The van der Waals surface area contributed by atoms with Crippen LogP contribution in [0.25, 0.3) is 11.3 Å². The summed E-state index contributed by atoms with van der Waals surface area (Å²) < 4.78 is 0. The van der Waals surface area contributed by atoms with Gasteiger partial charge >= 0.3 is 5.97 Å². The lowest BCUT2D eigenvalue weighted by atomic mass is 10.1. The number of hydrogen-bond donors (Lipinski definition) is 1. The van der Waals surface area contributed by atoms with Gasteiger partial charge in [-0.1, -0.05) is 31.2 Å². The highest BCUT2D eigenvalue weighted by atomic mass is 16.4. The van der Waals surface area contributed by atoms with Crippen molar-refractivity contribution in [3.05, 3.63) is 47.9 Å². The first kappa shape index (κ1) is 12.8. The Balaban J connectivity index is 1.97. The molecular formula is C16H16N2O2. The van der Waals surface area contributed by atoms with Crippen LogP contribution in [0.2, 0.25) is 0 Å². The molecule has 4 heteroatoms. The van der Waals surface area contributed by atoms with Crippen LogP contribution >= 0.6 is 0 Å². The summed E-state index contributed by atoms with van der Waals surface area (Å²) in [5, 5.41) is 9.31. The number of nitrogens with zero attached hydrogens (tertiary/aromatic N) is 2. The average Bonchev–Trinajstić information content (AvgIpc) is 3.29. The lowest BCUT2D eigenvalue weighted by Gasteiger charge is -2.09. The topological polar surface area (TPSA) is 63.1 Å². The fourth-order valence-corrected chi connectivity index (χ4v) is 2.32. The zero-order valence-corrected chi connectivity index (χ0v) is 11.3. The molecule has 4 nitrogen and oxygen atoms in total. The van der Waals surface area contributed by atoms with Gasteiger partial charge in [-0.15, -0.1) is 0 Å². The van der Waals surface area contributed by atoms with E-state index in [1.54, 1.807) is 6.20 Å². The van der Waals surface area contributed by atoms with Gasteiger partial charge in [-0.2, -0.15) is 0 Å². The molecule has 0 atom stereocenters. The molecular weight excluding hydrogens is 252 g/mol. The summed E-state index contributed by atoms with van der Waals surface area (Å²) in [5.74, 6) is -0.391. The Labute approximate surface area is 117 Å². The van der Waals surface area contributed by atoms with Crippen molar-refractivity contribution < 1.29 is 9.90 Å². The molecule has 0 aliphatic heterocycles. The van der Waals surface area contributed by atoms with Crippen molar-refractivity contribution in [3.63, 3.8) is 0 Å². The molecule has 0 spiro atoms. The van der Waals surface area contributed by atoms with Crippen molar-refractivity contribution in [1.82, 2.24) is 9.97 Å². The summed E-state index contributed by atoms with van der Waals surface area (Å²) in [4.78, 5) is 20.0. The number of aryl methyl sites for hydroxylation is 1. The highest BCUT2D eigenvalue weighted by Gasteiger charge is 2.54. The second-order valence-corrected chi connectivity index (χ2v) is 5.20. The number of carbonyl (C=O) groups is 1. The van der Waals surface area contributed by atoms with Crippen LogP contribution < -0.4 is 0 Å². The minimum atomic E-state index is -0.848. The number of hydrogen-bond acceptors (Lipinski definition) is 3. The molecule has 102 valence electrons. The normalized spacial score (nSPS) is 15.8. The van der Waals surface area contributed by atoms with Crippen molar-refractivity contribution in [2.45, 2.75) is 31.6 Å². The van der Waals surface area contributed by atoms with Crippen LogP contribution in [0.3, 0.4) is 0 Å². The van der Waals surface area contributed by atoms with Crippen molar-refractivity contribution >= 4 is 5.97 Å². The lowest BCUT2D eigenvalue weighted by molar-refractivity contribution is -0.140. The molecule has 20 heavy (non-hydrogen) atoms. The minimum Gasteiger partial charge on any atom is -0.480 e. The van der Waals surface area contributed by atoms with Gasteiger partial charge in [0, 0.05) is 11.8 Å². The molecule has 2 aromatic rings. The Bertz CT molecular complexity index is 646. The Morgan fingerprint density at radius 3 is 2.50 bits per heavy atom. The highest BCUT2D eigenvalue weighted by Crippen LogP contribution is 2.46. The van der Waals surface area contributed by atoms with E-state index in [0.29, 0.717) is 18.7 Å². The zero-order valence-electron chi connectivity index (χ0n) is 11.3. The molecule has 1 aromatic heterocycles. The third-order valence-corrected chi connectivity index (χ3v) is 3.90. The van der Waals surface area contributed by atoms with Crippen molar-refractivity contribution in [2.24, 2.45) is 0 Å². The first-order valence-electron chi connectivity index (χ1n) is 6.82. The highest BCUT2D eigenvalue weighted by molar-refractivity contribution is 5.83. The molecule has 1 aliphatic carbocycles. The van der Waals surface area contributed by atoms with Crippen LogP contribution in [0.5, 0.6) is 0 Å². The van der Waals surface area contributed by atoms with Crippen LogP contribution in [0.15, 0.2) is 36.5 Å². The average molecular weight is 268 g/mol. The van der Waals surface area contributed by atoms with Crippen LogP contribution in [-0.2, 0) is 16.6 Å². The predicted molar refractivity (Wildman–Crippen MR) is 75.4 cm³/mol. The smallest absolute Gasteiger partial charge is 0.317 e. The molecule has 1 fully saturated rings. The first-order chi connectivity index (χ1) is 9.65. The molecule has 1 N–H and O–H groups in total. The Hall–Kier alpha value is -2.23. The maximum atomic E-state index is 11.3. The van der Waals surface area contributed by atoms with E-state index < -0.39 is 11.4 Å². The second-order valence-electron chi connectivity index (χ2n) is 5.20. The van der Waals surface area contributed by atoms with Crippen molar-refractivity contribution in [1.29, 1.82) is 0 Å². The van der Waals surface area contributed by atoms with Crippen LogP contribution in [0.1, 0.15) is 31.2 Å². The van der Waals surface area contributed by atoms with Gasteiger partial charge in [-0.3, -0.25) is 4.79 Å². The number of aliphatic carboxylic acids is 1. The summed E-state index contributed by atoms with van der Waals surface area (Å²) in [6, 6.07) is 10.0. The molecule has 0 bridgehead atoms. The van der Waals surface area contributed by atoms with Gasteiger partial charge in [0.25, 0.3) is 0 Å². The van der Waals surface area contributed by atoms with Gasteiger partial charge in [0.2, 0.25) is 0 Å². The quantitative estimate of drug-likeness (QED) is 0.926. The molecule has 1 aliphatic rings. The van der Waals surface area contributed by atoms with Gasteiger partial charge in [-0.05, 0) is 30.9 Å². The van der Waals surface area contributed by atoms with Gasteiger partial charge in [0.05, 0.1) is 5.69 Å². The maximum Gasteiger partial charge on any atom is 0.317 e. The third-order valence-electron chi connectivity index (χ3n) is 3.90. The largest absolute Gasteiger partial charge is 0.480 e. The zero-order chi connectivity index (χ0) is 14.2. The first-order valence-corrected chi connectivity index (χ1v) is 6.82. The number of benzene rings is 1. The maximum absolute atomic E-state index is 11.3. The summed E-state index contributed by atoms with van der Waals surface area (Å²) >= 11 is 0. The Morgan fingerprint density at radius 2 is 1.95 bits per heavy atom. The summed E-state index contributed by atoms with van der Waals surface area (Å²) in [7, 11) is 0. The van der Waals surface area contributed by atoms with E-state index in [-0.39, 0.29) is 0 Å². The summed E-state index contributed by atoms with van der Waals surface area (Å²) in [6.45, 7) is 2.11. The van der Waals surface area contributed by atoms with Crippen LogP contribution in [0.4, 0.5) is 0 Å². The standard InChI is InChI=1S/C16H16N2O2/c1-2-11-3-5-12(6-4-11)13-7-10-17-14(18-13)16(8-9-16)15(19)20/h3-7,10H,2,8-9H2,1H3,(H,19,20). The molecule has 0 radical (unpaired) electrons. The molecule has 3 rings (SSSR count).